The third-order valence-electron chi connectivity index (χ3n) is 2.02. The van der Waals surface area contributed by atoms with Crippen LogP contribution in [0.1, 0.15) is 0 Å². The zero-order valence-electron chi connectivity index (χ0n) is 5.68. The molecule has 2 aliphatic rings. The molecule has 5 atom stereocenters. The highest BCUT2D eigenvalue weighted by atomic mass is 35.5. The van der Waals surface area contributed by atoms with Crippen LogP contribution < -0.4 is 0 Å². The number of rotatable bonds is 1. The van der Waals surface area contributed by atoms with Gasteiger partial charge in [0.05, 0.1) is 5.88 Å². The first-order chi connectivity index (χ1) is 5.24. The molecule has 0 aromatic rings. The summed E-state index contributed by atoms with van der Waals surface area (Å²) in [7, 11) is 0. The molecule has 5 heteroatoms. The van der Waals surface area contributed by atoms with Gasteiger partial charge in [-0.05, 0) is 0 Å². The first kappa shape index (κ1) is 7.76. The average Bonchev–Trinajstić information content (AvgIpc) is 2.76. The largest absolute Gasteiger partial charge is 0.385 e. The third kappa shape index (κ3) is 1.15. The standard InChI is InChI=1S/C6H9ClO4/c7-1-2-4-5(11-4)3(8)6(9)10-2/h2-6,8-9H,1H2. The monoisotopic (exact) mass is 180 g/mol. The normalized spacial score (nSPS) is 55.4. The maximum absolute atomic E-state index is 9.16. The molecule has 4 nitrogen and oxygen atoms in total. The van der Waals surface area contributed by atoms with Crippen molar-refractivity contribution in [3.63, 3.8) is 0 Å². The molecule has 2 saturated heterocycles. The molecule has 0 aromatic carbocycles. The molecule has 0 spiro atoms. The van der Waals surface area contributed by atoms with Crippen molar-refractivity contribution in [2.45, 2.75) is 30.7 Å². The topological polar surface area (TPSA) is 62.2 Å². The minimum atomic E-state index is -1.15. The highest BCUT2D eigenvalue weighted by Gasteiger charge is 2.56. The minimum Gasteiger partial charge on any atom is -0.385 e. The van der Waals surface area contributed by atoms with Crippen LogP contribution in [-0.2, 0) is 9.47 Å². The summed E-state index contributed by atoms with van der Waals surface area (Å²) in [6.07, 6.45) is -2.74. The lowest BCUT2D eigenvalue weighted by molar-refractivity contribution is -0.198. The van der Waals surface area contributed by atoms with Crippen LogP contribution >= 0.6 is 11.6 Å². The lowest BCUT2D eigenvalue weighted by Gasteiger charge is -2.25. The summed E-state index contributed by atoms with van der Waals surface area (Å²) >= 11 is 5.52. The summed E-state index contributed by atoms with van der Waals surface area (Å²) in [5, 5.41) is 18.2. The van der Waals surface area contributed by atoms with Crippen LogP contribution in [0.4, 0.5) is 0 Å². The molecule has 0 bridgehead atoms. The fourth-order valence-corrected chi connectivity index (χ4v) is 1.58. The fourth-order valence-electron chi connectivity index (χ4n) is 1.33. The van der Waals surface area contributed by atoms with Crippen molar-refractivity contribution in [2.75, 3.05) is 5.88 Å². The predicted molar refractivity (Wildman–Crippen MR) is 36.3 cm³/mol. The Morgan fingerprint density at radius 1 is 1.18 bits per heavy atom. The Morgan fingerprint density at radius 3 is 2.55 bits per heavy atom. The van der Waals surface area contributed by atoms with Gasteiger partial charge in [0.1, 0.15) is 24.4 Å². The SMILES string of the molecule is OC1OC(CCl)C2OC2C1O. The van der Waals surface area contributed by atoms with Gasteiger partial charge in [-0.25, -0.2) is 0 Å². The van der Waals surface area contributed by atoms with Crippen molar-refractivity contribution >= 4 is 11.6 Å². The molecule has 0 radical (unpaired) electrons. The van der Waals surface area contributed by atoms with E-state index in [1.54, 1.807) is 0 Å². The predicted octanol–water partition coefficient (Wildman–Crippen LogP) is -0.929. The van der Waals surface area contributed by atoms with E-state index < -0.39 is 12.4 Å². The first-order valence-electron chi connectivity index (χ1n) is 3.47. The molecule has 2 rings (SSSR count). The van der Waals surface area contributed by atoms with Crippen molar-refractivity contribution in [2.24, 2.45) is 0 Å². The van der Waals surface area contributed by atoms with Gasteiger partial charge in [0.25, 0.3) is 0 Å². The van der Waals surface area contributed by atoms with Gasteiger partial charge in [0, 0.05) is 0 Å². The number of fused-ring (bicyclic) bond motifs is 1. The third-order valence-corrected chi connectivity index (χ3v) is 2.33. The first-order valence-corrected chi connectivity index (χ1v) is 4.00. The number of hydrogen-bond donors (Lipinski definition) is 2. The summed E-state index contributed by atoms with van der Waals surface area (Å²) in [5.41, 5.74) is 0. The van der Waals surface area contributed by atoms with Crippen LogP contribution in [-0.4, -0.2) is 46.8 Å². The second-order valence-corrected chi connectivity index (χ2v) is 3.08. The Morgan fingerprint density at radius 2 is 1.91 bits per heavy atom. The van der Waals surface area contributed by atoms with Crippen molar-refractivity contribution in [3.05, 3.63) is 0 Å². The van der Waals surface area contributed by atoms with E-state index in [0.29, 0.717) is 0 Å². The summed E-state index contributed by atoms with van der Waals surface area (Å²) in [4.78, 5) is 0. The number of hydrogen-bond acceptors (Lipinski definition) is 4. The van der Waals surface area contributed by atoms with E-state index in [2.05, 4.69) is 0 Å². The van der Waals surface area contributed by atoms with Gasteiger partial charge in [-0.15, -0.1) is 11.6 Å². The lowest BCUT2D eigenvalue weighted by atomic mass is 10.1. The zero-order valence-corrected chi connectivity index (χ0v) is 6.44. The van der Waals surface area contributed by atoms with Gasteiger partial charge in [0.2, 0.25) is 0 Å². The van der Waals surface area contributed by atoms with Crippen LogP contribution in [0, 0.1) is 0 Å². The second kappa shape index (κ2) is 2.57. The van der Waals surface area contributed by atoms with Gasteiger partial charge in [-0.2, -0.15) is 0 Å². The van der Waals surface area contributed by atoms with Gasteiger partial charge < -0.3 is 19.7 Å². The molecule has 0 aromatic heterocycles. The molecule has 2 heterocycles. The smallest absolute Gasteiger partial charge is 0.184 e. The van der Waals surface area contributed by atoms with E-state index in [-0.39, 0.29) is 24.2 Å². The molecule has 64 valence electrons. The van der Waals surface area contributed by atoms with Crippen molar-refractivity contribution in [3.8, 4) is 0 Å². The highest BCUT2D eigenvalue weighted by Crippen LogP contribution is 2.36. The zero-order chi connectivity index (χ0) is 8.01. The van der Waals surface area contributed by atoms with Crippen molar-refractivity contribution in [1.29, 1.82) is 0 Å². The van der Waals surface area contributed by atoms with E-state index in [9.17, 15) is 0 Å². The minimum absolute atomic E-state index is 0.120. The Hall–Kier alpha value is 0.130. The number of halogens is 1. The molecule has 0 saturated carbocycles. The maximum Gasteiger partial charge on any atom is 0.184 e. The van der Waals surface area contributed by atoms with Crippen LogP contribution in [0.3, 0.4) is 0 Å². The molecular formula is C6H9ClO4. The van der Waals surface area contributed by atoms with E-state index in [1.165, 1.54) is 0 Å². The van der Waals surface area contributed by atoms with Crippen LogP contribution in [0.2, 0.25) is 0 Å². The number of epoxide rings is 1. The van der Waals surface area contributed by atoms with E-state index in [4.69, 9.17) is 31.3 Å². The average molecular weight is 181 g/mol. The van der Waals surface area contributed by atoms with E-state index >= 15 is 0 Å². The van der Waals surface area contributed by atoms with Gasteiger partial charge in [-0.3, -0.25) is 0 Å². The van der Waals surface area contributed by atoms with Gasteiger partial charge in [0.15, 0.2) is 6.29 Å². The molecular weight excluding hydrogens is 172 g/mol. The van der Waals surface area contributed by atoms with Crippen molar-refractivity contribution < 1.29 is 19.7 Å². The van der Waals surface area contributed by atoms with E-state index in [1.807, 2.05) is 0 Å². The number of aliphatic hydroxyl groups excluding tert-OH is 2. The highest BCUT2D eigenvalue weighted by molar-refractivity contribution is 6.18. The Labute approximate surface area is 68.7 Å². The Balaban J connectivity index is 2.02. The Kier molecular flexibility index (Phi) is 1.81. The summed E-state index contributed by atoms with van der Waals surface area (Å²) < 4.78 is 9.99. The summed E-state index contributed by atoms with van der Waals surface area (Å²) in [6, 6.07) is 0. The second-order valence-electron chi connectivity index (χ2n) is 2.78. The summed E-state index contributed by atoms with van der Waals surface area (Å²) in [6.45, 7) is 0. The molecule has 2 N–H and O–H groups in total. The fraction of sp³-hybridized carbons (Fsp3) is 1.00. The van der Waals surface area contributed by atoms with Crippen LogP contribution in [0.5, 0.6) is 0 Å². The Bertz CT molecular complexity index is 161. The van der Waals surface area contributed by atoms with Crippen molar-refractivity contribution in [1.82, 2.24) is 0 Å². The lowest BCUT2D eigenvalue weighted by Crippen LogP contribution is -2.45. The quantitative estimate of drug-likeness (QED) is 0.404. The molecule has 0 aliphatic carbocycles. The van der Waals surface area contributed by atoms with Gasteiger partial charge in [-0.1, -0.05) is 0 Å². The number of aliphatic hydroxyl groups is 2. The molecule has 0 amide bonds. The molecule has 11 heavy (non-hydrogen) atoms. The number of ether oxygens (including phenoxy) is 2. The van der Waals surface area contributed by atoms with Gasteiger partial charge >= 0.3 is 0 Å². The number of alkyl halides is 1. The maximum atomic E-state index is 9.16. The molecule has 2 fully saturated rings. The van der Waals surface area contributed by atoms with E-state index in [0.717, 1.165) is 0 Å². The summed E-state index contributed by atoms with van der Waals surface area (Å²) in [5.74, 6) is 0.283. The van der Waals surface area contributed by atoms with Crippen LogP contribution in [0.15, 0.2) is 0 Å². The molecule has 2 aliphatic heterocycles. The van der Waals surface area contributed by atoms with Crippen LogP contribution in [0.25, 0.3) is 0 Å². The molecule has 5 unspecified atom stereocenters.